The van der Waals surface area contributed by atoms with Gasteiger partial charge in [0.25, 0.3) is 0 Å². The quantitative estimate of drug-likeness (QED) is 0.170. The Bertz CT molecular complexity index is 2020. The van der Waals surface area contributed by atoms with Crippen molar-refractivity contribution in [3.8, 4) is 22.3 Å². The molecule has 0 saturated heterocycles. The summed E-state index contributed by atoms with van der Waals surface area (Å²) in [7, 11) is 0. The van der Waals surface area contributed by atoms with Gasteiger partial charge in [0.1, 0.15) is 0 Å². The molecule has 0 heterocycles. The van der Waals surface area contributed by atoms with Gasteiger partial charge < -0.3 is 0 Å². The van der Waals surface area contributed by atoms with Crippen LogP contribution in [0.1, 0.15) is 107 Å². The van der Waals surface area contributed by atoms with E-state index in [0.29, 0.717) is 7.35 Å². The van der Waals surface area contributed by atoms with Crippen molar-refractivity contribution < 1.29 is 15.1 Å². The van der Waals surface area contributed by atoms with E-state index in [4.69, 9.17) is 4.26 Å². The molecule has 0 fully saturated rings. The fourth-order valence-electron chi connectivity index (χ4n) is 9.70. The van der Waals surface area contributed by atoms with Gasteiger partial charge in [-0.25, -0.2) is 0 Å². The zero-order chi connectivity index (χ0) is 35.2. The first-order valence-corrected chi connectivity index (χ1v) is 37.5. The molecule has 0 spiro atoms. The third-order valence-electron chi connectivity index (χ3n) is 14.8. The first-order valence-electron chi connectivity index (χ1n) is 18.5. The van der Waals surface area contributed by atoms with Gasteiger partial charge in [-0.15, -0.1) is 0 Å². The standard InChI is InChI=1S/2C20H21.2C2H5.2CH3.CH2.Hf/c2*1-14-13-16(20(2,3)4)11-12-17(14)19-10-6-8-15-7-5-9-18(15)19;2*1-2;;;;/h2*5-13H,1-4H3;2*1H2,2H3;2*1H3;1H2;. The van der Waals surface area contributed by atoms with Gasteiger partial charge in [0.2, 0.25) is 0 Å². The number of allylic oxidation sites excluding steroid dienone is 2. The fraction of sp³-hybridized carbons (Fsp3) is 0.383. The minimum absolute atomic E-state index is 0.131. The van der Waals surface area contributed by atoms with Crippen LogP contribution < -0.4 is 0 Å². The molecule has 6 rings (SSSR count). The summed E-state index contributed by atoms with van der Waals surface area (Å²) >= 11 is -5.24. The second kappa shape index (κ2) is 10.1. The van der Waals surface area contributed by atoms with Crippen molar-refractivity contribution in [2.45, 2.75) is 105 Å². The molecular formula is C47H60Hf. The number of benzene rings is 4. The van der Waals surface area contributed by atoms with Gasteiger partial charge in [-0.2, -0.15) is 0 Å². The third-order valence-corrected chi connectivity index (χ3v) is 62.6. The van der Waals surface area contributed by atoms with Crippen LogP contribution in [0.15, 0.2) is 84.9 Å². The fourth-order valence-corrected chi connectivity index (χ4v) is 38.7. The molecule has 2 atom stereocenters. The molecule has 2 aliphatic carbocycles. The summed E-state index contributed by atoms with van der Waals surface area (Å²) in [6.07, 6.45) is 10.1. The van der Waals surface area contributed by atoms with E-state index >= 15 is 0 Å². The normalized spacial score (nSPS) is 19.7. The molecule has 0 amide bonds. The molecule has 2 aliphatic rings. The first-order chi connectivity index (χ1) is 22.1. The molecule has 1 heteroatoms. The van der Waals surface area contributed by atoms with E-state index in [9.17, 15) is 0 Å². The Kier molecular flexibility index (Phi) is 7.35. The van der Waals surface area contributed by atoms with Crippen molar-refractivity contribution in [2.75, 3.05) is 0 Å². The average Bonchev–Trinajstić information content (AvgIpc) is 3.68. The summed E-state index contributed by atoms with van der Waals surface area (Å²) in [6.45, 7) is 23.3. The SMILES string of the molecule is [CH2]=[Hf]([CH3])([CH3])([CH2]C)([CH2]C)([CH]1C=Cc2c(-c3ccc(C(C)(C)C)cc3C)cccc21)[CH]1C=Cc2c(-c3ccc(C(C)(C)C)cc3C)cccc21. The Morgan fingerprint density at radius 1 is 0.562 bits per heavy atom. The molecule has 0 nitrogen and oxygen atoms in total. The van der Waals surface area contributed by atoms with Crippen molar-refractivity contribution in [3.05, 3.63) is 129 Å². The molecule has 252 valence electrons. The number of hydrogen-bond donors (Lipinski definition) is 0. The predicted molar refractivity (Wildman–Crippen MR) is 214 cm³/mol. The average molecular weight is 803 g/mol. The number of fused-ring (bicyclic) bond motifs is 2. The molecule has 0 N–H and O–H groups in total. The number of aryl methyl sites for hydroxylation is 2. The van der Waals surface area contributed by atoms with Crippen molar-refractivity contribution in [3.63, 3.8) is 0 Å². The van der Waals surface area contributed by atoms with Gasteiger partial charge in [0, 0.05) is 0 Å². The van der Waals surface area contributed by atoms with Gasteiger partial charge in [-0.05, 0) is 0 Å². The van der Waals surface area contributed by atoms with Crippen LogP contribution in [-0.4, -0.2) is 4.26 Å². The van der Waals surface area contributed by atoms with Gasteiger partial charge in [-0.3, -0.25) is 0 Å². The summed E-state index contributed by atoms with van der Waals surface area (Å²) in [4.78, 5) is 0. The first kappa shape index (κ1) is 34.9. The molecule has 0 saturated carbocycles. The van der Waals surface area contributed by atoms with Crippen LogP contribution in [0.25, 0.3) is 34.4 Å². The van der Waals surface area contributed by atoms with E-state index in [1.54, 1.807) is 0 Å². The Morgan fingerprint density at radius 3 is 1.25 bits per heavy atom. The van der Waals surface area contributed by atoms with Crippen LogP contribution in [0.5, 0.6) is 0 Å². The van der Waals surface area contributed by atoms with Gasteiger partial charge >= 0.3 is 288 Å². The van der Waals surface area contributed by atoms with Crippen LogP contribution in [0.3, 0.4) is 0 Å². The van der Waals surface area contributed by atoms with E-state index in [-0.39, 0.29) is 10.8 Å². The van der Waals surface area contributed by atoms with Gasteiger partial charge in [0.15, 0.2) is 0 Å². The topological polar surface area (TPSA) is 0 Å². The molecule has 0 aromatic heterocycles. The molecule has 4 aromatic carbocycles. The Morgan fingerprint density at radius 2 is 0.938 bits per heavy atom. The Balaban J connectivity index is 1.52. The maximum atomic E-state index is 5.78. The Labute approximate surface area is 286 Å². The van der Waals surface area contributed by atoms with Gasteiger partial charge in [-0.1, -0.05) is 0 Å². The maximum absolute atomic E-state index is 5.78. The molecule has 4 aromatic rings. The summed E-state index contributed by atoms with van der Waals surface area (Å²) in [5.41, 5.74) is 16.9. The van der Waals surface area contributed by atoms with E-state index < -0.39 is 15.1 Å². The summed E-state index contributed by atoms with van der Waals surface area (Å²) in [6, 6.07) is 28.3. The molecule has 0 bridgehead atoms. The van der Waals surface area contributed by atoms with Gasteiger partial charge in [0.05, 0.1) is 0 Å². The number of rotatable bonds is 6. The van der Waals surface area contributed by atoms with Crippen LogP contribution >= 0.6 is 0 Å². The number of hydrogen-bond acceptors (Lipinski definition) is 0. The van der Waals surface area contributed by atoms with E-state index in [1.165, 1.54) is 66.8 Å². The minimum atomic E-state index is -5.24. The third kappa shape index (κ3) is 4.88. The predicted octanol–water partition coefficient (Wildman–Crippen LogP) is 14.2. The zero-order valence-corrected chi connectivity index (χ0v) is 35.6. The van der Waals surface area contributed by atoms with E-state index in [1.807, 2.05) is 0 Å². The molecule has 2 unspecified atom stereocenters. The van der Waals surface area contributed by atoms with E-state index in [2.05, 4.69) is 176 Å². The summed E-state index contributed by atoms with van der Waals surface area (Å²) in [5, 5.41) is 0. The second-order valence-electron chi connectivity index (χ2n) is 20.5. The second-order valence-corrected chi connectivity index (χ2v) is 72.5. The Hall–Kier alpha value is -2.90. The summed E-state index contributed by atoms with van der Waals surface area (Å²) < 4.78 is 14.0. The van der Waals surface area contributed by atoms with Crippen LogP contribution in [0, 0.1) is 13.8 Å². The molecule has 0 radical (unpaired) electrons. The monoisotopic (exact) mass is 804 g/mol. The zero-order valence-electron chi connectivity index (χ0n) is 32.0. The van der Waals surface area contributed by atoms with Crippen LogP contribution in [-0.2, 0) is 25.9 Å². The van der Waals surface area contributed by atoms with Crippen molar-refractivity contribution in [2.24, 2.45) is 0 Å². The molecule has 48 heavy (non-hydrogen) atoms. The van der Waals surface area contributed by atoms with Crippen molar-refractivity contribution >= 4 is 16.4 Å². The van der Waals surface area contributed by atoms with Crippen molar-refractivity contribution in [1.29, 1.82) is 0 Å². The van der Waals surface area contributed by atoms with Crippen LogP contribution in [0.4, 0.5) is 0 Å². The van der Waals surface area contributed by atoms with E-state index in [0.717, 1.165) is 8.35 Å². The molecule has 0 aliphatic heterocycles. The summed E-state index contributed by atoms with van der Waals surface area (Å²) in [5.74, 6) is 0. The van der Waals surface area contributed by atoms with Crippen molar-refractivity contribution in [1.82, 2.24) is 0 Å². The molecular weight excluding hydrogens is 743 g/mol. The van der Waals surface area contributed by atoms with Crippen LogP contribution in [0.2, 0.25) is 17.7 Å².